The van der Waals surface area contributed by atoms with Gasteiger partial charge in [-0.3, -0.25) is 24.0 Å². The molecule has 1 aromatic carbocycles. The van der Waals surface area contributed by atoms with E-state index in [4.69, 9.17) is 4.84 Å². The van der Waals surface area contributed by atoms with Gasteiger partial charge in [-0.05, 0) is 49.1 Å². The summed E-state index contributed by atoms with van der Waals surface area (Å²) >= 11 is 0. The molecule has 9 heteroatoms. The highest BCUT2D eigenvalue weighted by Crippen LogP contribution is 2.18. The maximum absolute atomic E-state index is 12.2. The molecule has 0 radical (unpaired) electrons. The minimum atomic E-state index is -0.664. The predicted octanol–water partition coefficient (Wildman–Crippen LogP) is 1.45. The molecule has 1 fully saturated rings. The second kappa shape index (κ2) is 10.6. The highest BCUT2D eigenvalue weighted by atomic mass is 16.7. The highest BCUT2D eigenvalue weighted by Gasteiger charge is 2.32. The summed E-state index contributed by atoms with van der Waals surface area (Å²) in [6.45, 7) is 0.426. The Morgan fingerprint density at radius 2 is 1.53 bits per heavy atom. The fourth-order valence-electron chi connectivity index (χ4n) is 3.45. The van der Waals surface area contributed by atoms with Gasteiger partial charge in [-0.25, -0.2) is 4.79 Å². The average molecular weight is 440 g/mol. The predicted molar refractivity (Wildman–Crippen MR) is 111 cm³/mol. The van der Waals surface area contributed by atoms with E-state index in [9.17, 15) is 28.8 Å². The SMILES string of the molecule is O=C(CCCCCNC(=O)c1ccc(CC2C(=O)C=CC2=O)cc1)ON1C(=O)CCC1=O. The van der Waals surface area contributed by atoms with Gasteiger partial charge in [0.1, 0.15) is 0 Å². The number of hydrogen-bond donors (Lipinski definition) is 1. The summed E-state index contributed by atoms with van der Waals surface area (Å²) in [5.41, 5.74) is 1.28. The van der Waals surface area contributed by atoms with Gasteiger partial charge in [0, 0.05) is 31.4 Å². The molecular weight excluding hydrogens is 416 g/mol. The van der Waals surface area contributed by atoms with Crippen molar-refractivity contribution >= 4 is 35.3 Å². The number of rotatable bonds is 10. The summed E-state index contributed by atoms with van der Waals surface area (Å²) in [7, 11) is 0. The summed E-state index contributed by atoms with van der Waals surface area (Å²) in [6.07, 6.45) is 4.93. The topological polar surface area (TPSA) is 127 Å². The van der Waals surface area contributed by atoms with E-state index < -0.39 is 23.7 Å². The molecule has 0 atom stereocenters. The number of ketones is 2. The van der Waals surface area contributed by atoms with Crippen LogP contribution in [0.4, 0.5) is 0 Å². The molecule has 1 N–H and O–H groups in total. The maximum Gasteiger partial charge on any atom is 0.333 e. The lowest BCUT2D eigenvalue weighted by Gasteiger charge is -2.12. The van der Waals surface area contributed by atoms with Crippen LogP contribution in [-0.4, -0.2) is 46.9 Å². The molecule has 0 spiro atoms. The van der Waals surface area contributed by atoms with Crippen LogP contribution < -0.4 is 5.32 Å². The molecule has 1 aliphatic heterocycles. The normalized spacial score (nSPS) is 16.2. The molecule has 1 heterocycles. The number of allylic oxidation sites excluding steroid dienone is 2. The van der Waals surface area contributed by atoms with E-state index in [0.29, 0.717) is 42.9 Å². The number of hydroxylamine groups is 2. The Hall–Kier alpha value is -3.62. The summed E-state index contributed by atoms with van der Waals surface area (Å²) in [4.78, 5) is 74.9. The van der Waals surface area contributed by atoms with Crippen molar-refractivity contribution < 1.29 is 33.6 Å². The van der Waals surface area contributed by atoms with E-state index in [2.05, 4.69) is 5.32 Å². The van der Waals surface area contributed by atoms with Crippen molar-refractivity contribution in [2.24, 2.45) is 5.92 Å². The number of nitrogens with one attached hydrogen (secondary N) is 1. The Labute approximate surface area is 184 Å². The summed E-state index contributed by atoms with van der Waals surface area (Å²) in [5, 5.41) is 3.33. The molecule has 0 saturated carbocycles. The molecule has 0 unspecified atom stereocenters. The van der Waals surface area contributed by atoms with Gasteiger partial charge < -0.3 is 10.2 Å². The number of hydrogen-bond acceptors (Lipinski definition) is 7. The fraction of sp³-hybridized carbons (Fsp3) is 0.391. The number of nitrogens with zero attached hydrogens (tertiary/aromatic N) is 1. The van der Waals surface area contributed by atoms with Crippen LogP contribution in [0.3, 0.4) is 0 Å². The lowest BCUT2D eigenvalue weighted by molar-refractivity contribution is -0.197. The van der Waals surface area contributed by atoms with Crippen LogP contribution in [0.25, 0.3) is 0 Å². The Kier molecular flexibility index (Phi) is 7.64. The van der Waals surface area contributed by atoms with Gasteiger partial charge in [0.15, 0.2) is 11.6 Å². The lowest BCUT2D eigenvalue weighted by atomic mass is 9.95. The van der Waals surface area contributed by atoms with E-state index in [1.54, 1.807) is 24.3 Å². The van der Waals surface area contributed by atoms with Crippen molar-refractivity contribution in [2.45, 2.75) is 44.9 Å². The fourth-order valence-corrected chi connectivity index (χ4v) is 3.45. The molecular formula is C23H24N2O7. The van der Waals surface area contributed by atoms with Gasteiger partial charge in [-0.2, -0.15) is 0 Å². The van der Waals surface area contributed by atoms with Gasteiger partial charge in [-0.15, -0.1) is 5.06 Å². The van der Waals surface area contributed by atoms with Crippen LogP contribution in [0.15, 0.2) is 36.4 Å². The standard InChI is InChI=1S/C23H24N2O7/c26-18-9-10-19(27)17(18)14-15-5-7-16(8-6-15)23(31)24-13-3-1-2-4-22(30)32-25-20(28)11-12-21(25)29/h5-10,17H,1-4,11-14H2,(H,24,31). The Morgan fingerprint density at radius 3 is 2.16 bits per heavy atom. The second-order valence-corrected chi connectivity index (χ2v) is 7.70. The monoisotopic (exact) mass is 440 g/mol. The molecule has 1 aromatic rings. The quantitative estimate of drug-likeness (QED) is 0.331. The number of unbranched alkanes of at least 4 members (excludes halogenated alkanes) is 2. The highest BCUT2D eigenvalue weighted by molar-refractivity contribution is 6.18. The first-order valence-electron chi connectivity index (χ1n) is 10.5. The summed E-state index contributed by atoms with van der Waals surface area (Å²) in [6, 6.07) is 6.77. The molecule has 168 valence electrons. The Balaban J connectivity index is 1.30. The van der Waals surface area contributed by atoms with E-state index >= 15 is 0 Å². The van der Waals surface area contributed by atoms with Crippen molar-refractivity contribution in [2.75, 3.05) is 6.54 Å². The van der Waals surface area contributed by atoms with Crippen molar-refractivity contribution in [3.05, 3.63) is 47.5 Å². The largest absolute Gasteiger partial charge is 0.352 e. The second-order valence-electron chi connectivity index (χ2n) is 7.70. The van der Waals surface area contributed by atoms with Crippen LogP contribution in [0.5, 0.6) is 0 Å². The maximum atomic E-state index is 12.2. The minimum Gasteiger partial charge on any atom is -0.352 e. The molecule has 32 heavy (non-hydrogen) atoms. The Morgan fingerprint density at radius 1 is 0.906 bits per heavy atom. The zero-order valence-corrected chi connectivity index (χ0v) is 17.5. The van der Waals surface area contributed by atoms with Crippen LogP contribution in [0.2, 0.25) is 0 Å². The first-order valence-corrected chi connectivity index (χ1v) is 10.5. The smallest absolute Gasteiger partial charge is 0.333 e. The lowest BCUT2D eigenvalue weighted by Crippen LogP contribution is -2.31. The van der Waals surface area contributed by atoms with Crippen molar-refractivity contribution in [1.29, 1.82) is 0 Å². The van der Waals surface area contributed by atoms with Crippen LogP contribution in [-0.2, 0) is 35.2 Å². The van der Waals surface area contributed by atoms with Crippen LogP contribution in [0.1, 0.15) is 54.4 Å². The van der Waals surface area contributed by atoms with Gasteiger partial charge in [0.2, 0.25) is 0 Å². The van der Waals surface area contributed by atoms with Crippen LogP contribution in [0, 0.1) is 5.92 Å². The van der Waals surface area contributed by atoms with Gasteiger partial charge in [0.25, 0.3) is 17.7 Å². The molecule has 2 aliphatic rings. The third-order valence-corrected chi connectivity index (χ3v) is 5.30. The third kappa shape index (κ3) is 5.96. The number of carbonyl (C=O) groups excluding carboxylic acids is 6. The number of imide groups is 1. The summed E-state index contributed by atoms with van der Waals surface area (Å²) < 4.78 is 0. The number of benzene rings is 1. The number of amides is 3. The molecule has 1 aliphatic carbocycles. The first kappa shape index (κ1) is 23.1. The molecule has 3 amide bonds. The van der Waals surface area contributed by atoms with Crippen molar-refractivity contribution in [3.63, 3.8) is 0 Å². The van der Waals surface area contributed by atoms with E-state index in [1.807, 2.05) is 0 Å². The van der Waals surface area contributed by atoms with Crippen molar-refractivity contribution in [3.8, 4) is 0 Å². The van der Waals surface area contributed by atoms with Gasteiger partial charge in [-0.1, -0.05) is 18.6 Å². The summed E-state index contributed by atoms with van der Waals surface area (Å²) in [5.74, 6) is -2.92. The average Bonchev–Trinajstić information content (AvgIpc) is 3.26. The molecule has 3 rings (SSSR count). The van der Waals surface area contributed by atoms with E-state index in [-0.39, 0.29) is 36.7 Å². The van der Waals surface area contributed by atoms with Gasteiger partial charge >= 0.3 is 5.97 Å². The zero-order valence-electron chi connectivity index (χ0n) is 17.5. The van der Waals surface area contributed by atoms with E-state index in [0.717, 1.165) is 5.56 Å². The van der Waals surface area contributed by atoms with Crippen molar-refractivity contribution in [1.82, 2.24) is 10.4 Å². The molecule has 0 aromatic heterocycles. The zero-order chi connectivity index (χ0) is 23.1. The molecule has 1 saturated heterocycles. The molecule has 9 nitrogen and oxygen atoms in total. The van der Waals surface area contributed by atoms with Gasteiger partial charge in [0.05, 0.1) is 5.92 Å². The third-order valence-electron chi connectivity index (χ3n) is 5.30. The minimum absolute atomic E-state index is 0.0614. The number of carbonyl (C=O) groups is 6. The molecule has 0 bridgehead atoms. The van der Waals surface area contributed by atoms with E-state index in [1.165, 1.54) is 12.2 Å². The van der Waals surface area contributed by atoms with Crippen LogP contribution >= 0.6 is 0 Å². The first-order chi connectivity index (χ1) is 15.3. The Bertz CT molecular complexity index is 931.